The highest BCUT2D eigenvalue weighted by atomic mass is 16.5. The summed E-state index contributed by atoms with van der Waals surface area (Å²) in [6.45, 7) is 3.23. The highest BCUT2D eigenvalue weighted by Gasteiger charge is 2.10. The third-order valence-corrected chi connectivity index (χ3v) is 2.77. The van der Waals surface area contributed by atoms with E-state index in [1.807, 2.05) is 67.6 Å². The van der Waals surface area contributed by atoms with Crippen molar-refractivity contribution in [1.29, 1.82) is 0 Å². The molecule has 0 bridgehead atoms. The SMILES string of the molecule is CC(=O)OC(C)=C(c1ccccc1)c1ccccc1. The van der Waals surface area contributed by atoms with Gasteiger partial charge in [-0.1, -0.05) is 60.7 Å². The van der Waals surface area contributed by atoms with E-state index in [1.54, 1.807) is 0 Å². The van der Waals surface area contributed by atoms with Gasteiger partial charge in [0, 0.05) is 12.5 Å². The van der Waals surface area contributed by atoms with E-state index in [4.69, 9.17) is 4.74 Å². The number of hydrogen-bond acceptors (Lipinski definition) is 2. The van der Waals surface area contributed by atoms with Crippen molar-refractivity contribution in [3.8, 4) is 0 Å². The number of carbonyl (C=O) groups excluding carboxylic acids is 1. The molecule has 2 nitrogen and oxygen atoms in total. The molecule has 0 aliphatic rings. The lowest BCUT2D eigenvalue weighted by molar-refractivity contribution is -0.136. The molecular formula is C17H16O2. The number of esters is 1. The van der Waals surface area contributed by atoms with Crippen molar-refractivity contribution in [2.75, 3.05) is 0 Å². The molecule has 0 saturated carbocycles. The van der Waals surface area contributed by atoms with Crippen LogP contribution in [-0.4, -0.2) is 5.97 Å². The Bertz CT molecular complexity index is 542. The molecule has 0 aliphatic carbocycles. The second-order valence-electron chi connectivity index (χ2n) is 4.26. The standard InChI is InChI=1S/C17H16O2/c1-13(19-14(2)18)17(15-9-5-3-6-10-15)16-11-7-4-8-12-16/h3-12H,1-2H3. The molecular weight excluding hydrogens is 236 g/mol. The van der Waals surface area contributed by atoms with Crippen molar-refractivity contribution in [3.63, 3.8) is 0 Å². The Hall–Kier alpha value is -2.35. The molecule has 2 aromatic carbocycles. The van der Waals surface area contributed by atoms with Crippen LogP contribution in [0.4, 0.5) is 0 Å². The van der Waals surface area contributed by atoms with Crippen LogP contribution in [0.5, 0.6) is 0 Å². The van der Waals surface area contributed by atoms with Gasteiger partial charge in [0.2, 0.25) is 0 Å². The molecule has 0 aromatic heterocycles. The second-order valence-corrected chi connectivity index (χ2v) is 4.26. The number of rotatable bonds is 3. The summed E-state index contributed by atoms with van der Waals surface area (Å²) in [5, 5.41) is 0. The van der Waals surface area contributed by atoms with E-state index in [9.17, 15) is 4.79 Å². The van der Waals surface area contributed by atoms with Crippen molar-refractivity contribution in [2.24, 2.45) is 0 Å². The molecule has 0 saturated heterocycles. The summed E-state index contributed by atoms with van der Waals surface area (Å²) in [5.41, 5.74) is 3.01. The van der Waals surface area contributed by atoms with E-state index in [0.717, 1.165) is 16.7 Å². The first kappa shape index (κ1) is 13.1. The first-order valence-corrected chi connectivity index (χ1v) is 6.18. The number of allylic oxidation sites excluding steroid dienone is 1. The van der Waals surface area contributed by atoms with Gasteiger partial charge in [-0.05, 0) is 18.1 Å². The predicted octanol–water partition coefficient (Wildman–Crippen LogP) is 4.03. The monoisotopic (exact) mass is 252 g/mol. The fourth-order valence-corrected chi connectivity index (χ4v) is 2.05. The molecule has 19 heavy (non-hydrogen) atoms. The number of ether oxygens (including phenoxy) is 1. The third-order valence-electron chi connectivity index (χ3n) is 2.77. The minimum Gasteiger partial charge on any atom is -0.431 e. The lowest BCUT2D eigenvalue weighted by Crippen LogP contribution is -2.00. The van der Waals surface area contributed by atoms with Crippen molar-refractivity contribution in [1.82, 2.24) is 0 Å². The molecule has 0 N–H and O–H groups in total. The van der Waals surface area contributed by atoms with Crippen LogP contribution in [0.1, 0.15) is 25.0 Å². The molecule has 0 heterocycles. The smallest absolute Gasteiger partial charge is 0.307 e. The summed E-state index contributed by atoms with van der Waals surface area (Å²) in [6.07, 6.45) is 0. The molecule has 0 atom stereocenters. The quantitative estimate of drug-likeness (QED) is 0.609. The van der Waals surface area contributed by atoms with Gasteiger partial charge in [0.1, 0.15) is 5.76 Å². The molecule has 2 rings (SSSR count). The van der Waals surface area contributed by atoms with E-state index in [0.29, 0.717) is 5.76 Å². The molecule has 0 aliphatic heterocycles. The normalized spacial score (nSPS) is 9.79. The van der Waals surface area contributed by atoms with Crippen LogP contribution in [-0.2, 0) is 9.53 Å². The number of benzene rings is 2. The largest absolute Gasteiger partial charge is 0.431 e. The fraction of sp³-hybridized carbons (Fsp3) is 0.118. The minimum absolute atomic E-state index is 0.304. The maximum Gasteiger partial charge on any atom is 0.307 e. The van der Waals surface area contributed by atoms with Gasteiger partial charge in [0.25, 0.3) is 0 Å². The van der Waals surface area contributed by atoms with Gasteiger partial charge in [-0.2, -0.15) is 0 Å². The molecule has 2 aromatic rings. The van der Waals surface area contributed by atoms with E-state index in [1.165, 1.54) is 6.92 Å². The Morgan fingerprint density at radius 1 is 0.789 bits per heavy atom. The van der Waals surface area contributed by atoms with Crippen LogP contribution < -0.4 is 0 Å². The summed E-state index contributed by atoms with van der Waals surface area (Å²) in [6, 6.07) is 19.9. The van der Waals surface area contributed by atoms with Crippen LogP contribution in [0, 0.1) is 0 Å². The van der Waals surface area contributed by atoms with Gasteiger partial charge in [0.15, 0.2) is 0 Å². The zero-order chi connectivity index (χ0) is 13.7. The van der Waals surface area contributed by atoms with Crippen LogP contribution in [0.15, 0.2) is 66.4 Å². The molecule has 0 fully saturated rings. The lowest BCUT2D eigenvalue weighted by atomic mass is 9.97. The molecule has 0 amide bonds. The summed E-state index contributed by atoms with van der Waals surface area (Å²) in [4.78, 5) is 11.2. The van der Waals surface area contributed by atoms with E-state index in [2.05, 4.69) is 0 Å². The molecule has 2 heteroatoms. The minimum atomic E-state index is -0.304. The molecule has 0 unspecified atom stereocenters. The Balaban J connectivity index is 2.55. The summed E-state index contributed by atoms with van der Waals surface area (Å²) in [7, 11) is 0. The Kier molecular flexibility index (Phi) is 4.14. The van der Waals surface area contributed by atoms with Crippen molar-refractivity contribution in [3.05, 3.63) is 77.5 Å². The van der Waals surface area contributed by atoms with Gasteiger partial charge in [-0.15, -0.1) is 0 Å². The predicted molar refractivity (Wildman–Crippen MR) is 76.3 cm³/mol. The van der Waals surface area contributed by atoms with Gasteiger partial charge in [0.05, 0.1) is 0 Å². The summed E-state index contributed by atoms with van der Waals surface area (Å²) in [5.74, 6) is 0.312. The highest BCUT2D eigenvalue weighted by molar-refractivity contribution is 5.82. The van der Waals surface area contributed by atoms with E-state index >= 15 is 0 Å². The Morgan fingerprint density at radius 2 is 1.21 bits per heavy atom. The molecule has 96 valence electrons. The van der Waals surface area contributed by atoms with Gasteiger partial charge in [-0.3, -0.25) is 4.79 Å². The number of carbonyl (C=O) groups is 1. The van der Waals surface area contributed by atoms with E-state index in [-0.39, 0.29) is 5.97 Å². The average Bonchev–Trinajstić information content (AvgIpc) is 2.40. The third kappa shape index (κ3) is 3.32. The Labute approximate surface area is 113 Å². The van der Waals surface area contributed by atoms with Gasteiger partial charge < -0.3 is 4.74 Å². The second kappa shape index (κ2) is 6.01. The summed E-state index contributed by atoms with van der Waals surface area (Å²) >= 11 is 0. The first-order valence-electron chi connectivity index (χ1n) is 6.18. The molecule has 0 radical (unpaired) electrons. The Morgan fingerprint density at radius 3 is 1.58 bits per heavy atom. The molecule has 0 spiro atoms. The zero-order valence-corrected chi connectivity index (χ0v) is 11.1. The van der Waals surface area contributed by atoms with Gasteiger partial charge >= 0.3 is 5.97 Å². The first-order chi connectivity index (χ1) is 9.18. The van der Waals surface area contributed by atoms with Crippen LogP contribution in [0.25, 0.3) is 5.57 Å². The highest BCUT2D eigenvalue weighted by Crippen LogP contribution is 2.27. The topological polar surface area (TPSA) is 26.3 Å². The van der Waals surface area contributed by atoms with Crippen LogP contribution in [0.2, 0.25) is 0 Å². The van der Waals surface area contributed by atoms with Crippen LogP contribution in [0.3, 0.4) is 0 Å². The van der Waals surface area contributed by atoms with Crippen LogP contribution >= 0.6 is 0 Å². The van der Waals surface area contributed by atoms with Gasteiger partial charge in [-0.25, -0.2) is 0 Å². The average molecular weight is 252 g/mol. The van der Waals surface area contributed by atoms with E-state index < -0.39 is 0 Å². The van der Waals surface area contributed by atoms with Crippen molar-refractivity contribution < 1.29 is 9.53 Å². The van der Waals surface area contributed by atoms with Crippen molar-refractivity contribution in [2.45, 2.75) is 13.8 Å². The maximum absolute atomic E-state index is 11.2. The number of hydrogen-bond donors (Lipinski definition) is 0. The summed E-state index contributed by atoms with van der Waals surface area (Å²) < 4.78 is 5.26. The van der Waals surface area contributed by atoms with Crippen molar-refractivity contribution >= 4 is 11.5 Å². The fourth-order valence-electron chi connectivity index (χ4n) is 2.05. The maximum atomic E-state index is 11.2. The zero-order valence-electron chi connectivity index (χ0n) is 11.1. The lowest BCUT2D eigenvalue weighted by Gasteiger charge is -2.12.